The average molecular weight is 269 g/mol. The molecule has 0 radical (unpaired) electrons. The van der Waals surface area contributed by atoms with Gasteiger partial charge in [0.25, 0.3) is 0 Å². The van der Waals surface area contributed by atoms with E-state index in [0.717, 1.165) is 25.9 Å². The molecule has 2 atom stereocenters. The molecule has 4 nitrogen and oxygen atoms in total. The molecule has 1 saturated heterocycles. The first-order valence-electron chi connectivity index (χ1n) is 7.52. The molecule has 1 heterocycles. The van der Waals surface area contributed by atoms with Crippen LogP contribution in [-0.4, -0.2) is 55.1 Å². The van der Waals surface area contributed by atoms with Gasteiger partial charge in [-0.05, 0) is 38.8 Å². The van der Waals surface area contributed by atoms with E-state index < -0.39 is 0 Å². The molecule has 1 amide bonds. The number of amides is 1. The van der Waals surface area contributed by atoms with E-state index >= 15 is 0 Å². The summed E-state index contributed by atoms with van der Waals surface area (Å²) in [6.07, 6.45) is 2.19. The first-order valence-corrected chi connectivity index (χ1v) is 7.52. The number of likely N-dealkylation sites (N-methyl/N-ethyl adjacent to an activating group) is 1. The summed E-state index contributed by atoms with van der Waals surface area (Å²) in [6.45, 7) is 10.5. The molecule has 112 valence electrons. The Morgan fingerprint density at radius 2 is 1.74 bits per heavy atom. The highest BCUT2D eigenvalue weighted by atomic mass is 16.2. The maximum absolute atomic E-state index is 12.5. The lowest BCUT2D eigenvalue weighted by atomic mass is 10.0. The first-order chi connectivity index (χ1) is 8.81. The summed E-state index contributed by atoms with van der Waals surface area (Å²) in [4.78, 5) is 16.7. The zero-order valence-corrected chi connectivity index (χ0v) is 13.4. The predicted octanol–water partition coefficient (Wildman–Crippen LogP) is 1.77. The molecule has 19 heavy (non-hydrogen) atoms. The summed E-state index contributed by atoms with van der Waals surface area (Å²) in [7, 11) is 4.11. The van der Waals surface area contributed by atoms with Crippen molar-refractivity contribution in [1.29, 1.82) is 0 Å². The zero-order valence-electron chi connectivity index (χ0n) is 13.4. The Labute approximate surface area is 118 Å². The SMILES string of the molecule is CC(C)CC1NC(CC(C)C)N(CCN(C)C)C1=O. The number of hydrogen-bond acceptors (Lipinski definition) is 3. The van der Waals surface area contributed by atoms with Gasteiger partial charge in [-0.3, -0.25) is 10.1 Å². The largest absolute Gasteiger partial charge is 0.325 e. The van der Waals surface area contributed by atoms with E-state index in [2.05, 4.69) is 52.0 Å². The molecular formula is C15H31N3O. The van der Waals surface area contributed by atoms with Crippen molar-refractivity contribution < 1.29 is 4.79 Å². The standard InChI is InChI=1S/C15H31N3O/c1-11(2)9-13-15(19)18(8-7-17(5)6)14(16-13)10-12(3)4/h11-14,16H,7-10H2,1-6H3. The van der Waals surface area contributed by atoms with Gasteiger partial charge < -0.3 is 9.80 Å². The van der Waals surface area contributed by atoms with E-state index in [1.807, 2.05) is 4.90 Å². The van der Waals surface area contributed by atoms with Gasteiger partial charge in [-0.15, -0.1) is 0 Å². The fourth-order valence-corrected chi connectivity index (χ4v) is 2.60. The van der Waals surface area contributed by atoms with Crippen molar-refractivity contribution in [3.8, 4) is 0 Å². The predicted molar refractivity (Wildman–Crippen MR) is 79.9 cm³/mol. The monoisotopic (exact) mass is 269 g/mol. The van der Waals surface area contributed by atoms with Gasteiger partial charge in [0, 0.05) is 13.1 Å². The highest BCUT2D eigenvalue weighted by Crippen LogP contribution is 2.21. The van der Waals surface area contributed by atoms with Crippen LogP contribution in [0.5, 0.6) is 0 Å². The molecule has 0 aliphatic carbocycles. The van der Waals surface area contributed by atoms with Gasteiger partial charge >= 0.3 is 0 Å². The summed E-state index contributed by atoms with van der Waals surface area (Å²) < 4.78 is 0. The number of nitrogens with zero attached hydrogens (tertiary/aromatic N) is 2. The van der Waals surface area contributed by atoms with Gasteiger partial charge in [-0.25, -0.2) is 0 Å². The molecule has 4 heteroatoms. The Hall–Kier alpha value is -0.610. The zero-order chi connectivity index (χ0) is 14.6. The topological polar surface area (TPSA) is 35.6 Å². The third-order valence-electron chi connectivity index (χ3n) is 3.54. The number of rotatable bonds is 7. The number of nitrogens with one attached hydrogen (secondary N) is 1. The van der Waals surface area contributed by atoms with Crippen LogP contribution in [0.4, 0.5) is 0 Å². The Bertz CT molecular complexity index is 289. The Morgan fingerprint density at radius 3 is 2.21 bits per heavy atom. The fourth-order valence-electron chi connectivity index (χ4n) is 2.60. The van der Waals surface area contributed by atoms with Gasteiger partial charge in [-0.1, -0.05) is 27.7 Å². The van der Waals surface area contributed by atoms with E-state index in [4.69, 9.17) is 0 Å². The fraction of sp³-hybridized carbons (Fsp3) is 0.933. The van der Waals surface area contributed by atoms with Crippen molar-refractivity contribution in [1.82, 2.24) is 15.1 Å². The van der Waals surface area contributed by atoms with Crippen molar-refractivity contribution in [2.24, 2.45) is 11.8 Å². The third kappa shape index (κ3) is 5.11. The average Bonchev–Trinajstić information content (AvgIpc) is 2.51. The normalized spacial score (nSPS) is 24.3. The van der Waals surface area contributed by atoms with E-state index in [0.29, 0.717) is 17.7 Å². The minimum atomic E-state index is 0.0194. The van der Waals surface area contributed by atoms with Gasteiger partial charge in [0.05, 0.1) is 12.2 Å². The Morgan fingerprint density at radius 1 is 1.16 bits per heavy atom. The van der Waals surface area contributed by atoms with Crippen molar-refractivity contribution >= 4 is 5.91 Å². The molecule has 0 aromatic rings. The van der Waals surface area contributed by atoms with Crippen LogP contribution in [0, 0.1) is 11.8 Å². The van der Waals surface area contributed by atoms with Crippen LogP contribution >= 0.6 is 0 Å². The van der Waals surface area contributed by atoms with Crippen LogP contribution < -0.4 is 5.32 Å². The Kier molecular flexibility index (Phi) is 6.27. The van der Waals surface area contributed by atoms with E-state index in [1.54, 1.807) is 0 Å². The quantitative estimate of drug-likeness (QED) is 0.765. The summed E-state index contributed by atoms with van der Waals surface area (Å²) in [5.41, 5.74) is 0. The molecule has 1 fully saturated rings. The van der Waals surface area contributed by atoms with Crippen LogP contribution in [0.15, 0.2) is 0 Å². The van der Waals surface area contributed by atoms with Crippen LogP contribution in [-0.2, 0) is 4.79 Å². The van der Waals surface area contributed by atoms with E-state index in [9.17, 15) is 4.79 Å². The summed E-state index contributed by atoms with van der Waals surface area (Å²) >= 11 is 0. The molecule has 1 N–H and O–H groups in total. The van der Waals surface area contributed by atoms with Crippen molar-refractivity contribution in [2.45, 2.75) is 52.7 Å². The van der Waals surface area contributed by atoms with Gasteiger partial charge in [-0.2, -0.15) is 0 Å². The molecule has 0 aromatic carbocycles. The second-order valence-corrected chi connectivity index (χ2v) is 6.83. The smallest absolute Gasteiger partial charge is 0.241 e. The van der Waals surface area contributed by atoms with Crippen molar-refractivity contribution in [3.05, 3.63) is 0 Å². The van der Waals surface area contributed by atoms with Gasteiger partial charge in [0.15, 0.2) is 0 Å². The maximum Gasteiger partial charge on any atom is 0.241 e. The van der Waals surface area contributed by atoms with E-state index in [-0.39, 0.29) is 12.2 Å². The number of hydrogen-bond donors (Lipinski definition) is 1. The molecular weight excluding hydrogens is 238 g/mol. The molecule has 0 saturated carbocycles. The molecule has 2 unspecified atom stereocenters. The lowest BCUT2D eigenvalue weighted by Crippen LogP contribution is -2.41. The molecule has 1 rings (SSSR count). The first kappa shape index (κ1) is 16.4. The Balaban J connectivity index is 2.67. The molecule has 1 aliphatic rings. The summed E-state index contributed by atoms with van der Waals surface area (Å²) in [5.74, 6) is 1.45. The summed E-state index contributed by atoms with van der Waals surface area (Å²) in [5, 5.41) is 3.54. The molecule has 0 aromatic heterocycles. The van der Waals surface area contributed by atoms with Crippen molar-refractivity contribution in [3.63, 3.8) is 0 Å². The second kappa shape index (κ2) is 7.25. The second-order valence-electron chi connectivity index (χ2n) is 6.83. The maximum atomic E-state index is 12.5. The highest BCUT2D eigenvalue weighted by molar-refractivity contribution is 5.84. The number of carbonyl (C=O) groups is 1. The number of carbonyl (C=O) groups excluding carboxylic acids is 1. The highest BCUT2D eigenvalue weighted by Gasteiger charge is 2.38. The molecule has 1 aliphatic heterocycles. The van der Waals surface area contributed by atoms with Crippen LogP contribution in [0.25, 0.3) is 0 Å². The van der Waals surface area contributed by atoms with Crippen LogP contribution in [0.3, 0.4) is 0 Å². The molecule has 0 bridgehead atoms. The third-order valence-corrected chi connectivity index (χ3v) is 3.54. The van der Waals surface area contributed by atoms with E-state index in [1.165, 1.54) is 0 Å². The minimum absolute atomic E-state index is 0.0194. The summed E-state index contributed by atoms with van der Waals surface area (Å²) in [6, 6.07) is 0.0194. The van der Waals surface area contributed by atoms with Crippen LogP contribution in [0.2, 0.25) is 0 Å². The van der Waals surface area contributed by atoms with Gasteiger partial charge in [0.1, 0.15) is 0 Å². The minimum Gasteiger partial charge on any atom is -0.325 e. The van der Waals surface area contributed by atoms with Crippen LogP contribution in [0.1, 0.15) is 40.5 Å². The lowest BCUT2D eigenvalue weighted by molar-refractivity contribution is -0.130. The molecule has 0 spiro atoms. The van der Waals surface area contributed by atoms with Gasteiger partial charge in [0.2, 0.25) is 5.91 Å². The lowest BCUT2D eigenvalue weighted by Gasteiger charge is -2.26. The van der Waals surface area contributed by atoms with Crippen molar-refractivity contribution in [2.75, 3.05) is 27.2 Å².